The quantitative estimate of drug-likeness (QED) is 0.106. The maximum atomic E-state index is 13.7. The van der Waals surface area contributed by atoms with Crippen molar-refractivity contribution in [1.82, 2.24) is 19.9 Å². The van der Waals surface area contributed by atoms with Gasteiger partial charge in [-0.3, -0.25) is 9.69 Å². The van der Waals surface area contributed by atoms with Gasteiger partial charge in [0.2, 0.25) is 0 Å². The Balaban J connectivity index is 1.47. The number of aromatic nitrogens is 3. The van der Waals surface area contributed by atoms with E-state index in [1.165, 1.54) is 0 Å². The highest BCUT2D eigenvalue weighted by atomic mass is 16.5. The standard InChI is InChI=1S/C38H36N4O4/c1-3-46-37(44)36-34(42(40-39-36)26-28-19-21-33(45-2)22-20-28)25-29-27-41(24-23-35(29)43)38(30-13-7-4-8-14-30,31-15-9-5-10-16-31)32-17-11-6-12-18-32/h4-22,25H,3,23-24,26-27H2,1-2H3/b29-25+. The highest BCUT2D eigenvalue weighted by Gasteiger charge is 2.44. The van der Waals surface area contributed by atoms with Gasteiger partial charge in [0.25, 0.3) is 0 Å². The van der Waals surface area contributed by atoms with E-state index >= 15 is 0 Å². The third-order valence-electron chi connectivity index (χ3n) is 8.42. The summed E-state index contributed by atoms with van der Waals surface area (Å²) < 4.78 is 12.3. The zero-order valence-electron chi connectivity index (χ0n) is 26.0. The molecule has 0 bridgehead atoms. The molecule has 0 saturated carbocycles. The third kappa shape index (κ3) is 5.99. The number of ether oxygens (including phenoxy) is 2. The molecule has 2 heterocycles. The van der Waals surface area contributed by atoms with E-state index in [9.17, 15) is 9.59 Å². The van der Waals surface area contributed by atoms with Crippen molar-refractivity contribution in [2.45, 2.75) is 25.4 Å². The predicted molar refractivity (Wildman–Crippen MR) is 176 cm³/mol. The highest BCUT2D eigenvalue weighted by molar-refractivity contribution is 6.02. The van der Waals surface area contributed by atoms with Crippen LogP contribution in [0.2, 0.25) is 0 Å². The zero-order valence-corrected chi connectivity index (χ0v) is 26.0. The van der Waals surface area contributed by atoms with Crippen LogP contribution in [-0.4, -0.2) is 58.5 Å². The Bertz CT molecular complexity index is 1720. The van der Waals surface area contributed by atoms with Crippen LogP contribution in [0.3, 0.4) is 0 Å². The Morgan fingerprint density at radius 3 is 1.93 bits per heavy atom. The number of benzene rings is 4. The molecule has 1 saturated heterocycles. The number of hydrogen-bond acceptors (Lipinski definition) is 7. The van der Waals surface area contributed by atoms with E-state index in [0.29, 0.717) is 37.3 Å². The highest BCUT2D eigenvalue weighted by Crippen LogP contribution is 2.44. The predicted octanol–water partition coefficient (Wildman–Crippen LogP) is 6.16. The number of likely N-dealkylation sites (tertiary alicyclic amines) is 1. The number of nitrogens with zero attached hydrogens (tertiary/aromatic N) is 4. The lowest BCUT2D eigenvalue weighted by molar-refractivity contribution is -0.117. The van der Waals surface area contributed by atoms with E-state index in [2.05, 4.69) is 88.0 Å². The molecule has 232 valence electrons. The van der Waals surface area contributed by atoms with Gasteiger partial charge in [-0.15, -0.1) is 5.10 Å². The van der Waals surface area contributed by atoms with Gasteiger partial charge < -0.3 is 9.47 Å². The Hall–Kier alpha value is -5.34. The van der Waals surface area contributed by atoms with Gasteiger partial charge in [0, 0.05) is 25.1 Å². The Morgan fingerprint density at radius 1 is 0.848 bits per heavy atom. The molecule has 0 unspecified atom stereocenters. The number of carbonyl (C=O) groups excluding carboxylic acids is 2. The van der Waals surface area contributed by atoms with Crippen molar-refractivity contribution in [3.8, 4) is 5.75 Å². The van der Waals surface area contributed by atoms with Crippen molar-refractivity contribution in [3.63, 3.8) is 0 Å². The van der Waals surface area contributed by atoms with Crippen molar-refractivity contribution in [1.29, 1.82) is 0 Å². The van der Waals surface area contributed by atoms with Crippen molar-refractivity contribution < 1.29 is 19.1 Å². The summed E-state index contributed by atoms with van der Waals surface area (Å²) in [6.07, 6.45) is 2.09. The molecule has 5 aromatic rings. The first-order valence-electron chi connectivity index (χ1n) is 15.4. The summed E-state index contributed by atoms with van der Waals surface area (Å²) in [6.45, 7) is 3.17. The third-order valence-corrected chi connectivity index (χ3v) is 8.42. The zero-order chi connectivity index (χ0) is 31.9. The second-order valence-corrected chi connectivity index (χ2v) is 11.1. The van der Waals surface area contributed by atoms with Crippen LogP contribution >= 0.6 is 0 Å². The van der Waals surface area contributed by atoms with Crippen molar-refractivity contribution >= 4 is 17.8 Å². The van der Waals surface area contributed by atoms with Crippen molar-refractivity contribution in [2.24, 2.45) is 0 Å². The Morgan fingerprint density at radius 2 is 1.41 bits per heavy atom. The second kappa shape index (κ2) is 13.7. The molecule has 0 atom stereocenters. The Kier molecular flexibility index (Phi) is 9.17. The molecule has 0 radical (unpaired) electrons. The molecular formula is C38H36N4O4. The van der Waals surface area contributed by atoms with Crippen LogP contribution in [0, 0.1) is 0 Å². The fourth-order valence-electron chi connectivity index (χ4n) is 6.26. The number of piperidine rings is 1. The van der Waals surface area contributed by atoms with E-state index < -0.39 is 11.5 Å². The van der Waals surface area contributed by atoms with Gasteiger partial charge in [-0.25, -0.2) is 9.48 Å². The minimum atomic E-state index is -0.685. The van der Waals surface area contributed by atoms with Gasteiger partial charge in [0.1, 0.15) is 5.75 Å². The minimum absolute atomic E-state index is 0.0198. The average molecular weight is 613 g/mol. The maximum Gasteiger partial charge on any atom is 0.361 e. The number of carbonyl (C=O) groups is 2. The van der Waals surface area contributed by atoms with Crippen LogP contribution in [0.1, 0.15) is 51.8 Å². The van der Waals surface area contributed by atoms with E-state index in [4.69, 9.17) is 9.47 Å². The molecular weight excluding hydrogens is 576 g/mol. The van der Waals surface area contributed by atoms with Crippen LogP contribution in [0.5, 0.6) is 5.75 Å². The molecule has 8 nitrogen and oxygen atoms in total. The minimum Gasteiger partial charge on any atom is -0.497 e. The van der Waals surface area contributed by atoms with Crippen LogP contribution in [0.4, 0.5) is 0 Å². The van der Waals surface area contributed by atoms with Crippen LogP contribution in [0.15, 0.2) is 121 Å². The Labute approximate surface area is 268 Å². The lowest BCUT2D eigenvalue weighted by Gasteiger charge is -2.47. The number of Topliss-reactive ketones (excluding diaryl/α,β-unsaturated/α-hetero) is 1. The number of rotatable bonds is 10. The van der Waals surface area contributed by atoms with Crippen LogP contribution < -0.4 is 4.74 Å². The second-order valence-electron chi connectivity index (χ2n) is 11.1. The molecule has 0 aliphatic carbocycles. The van der Waals surface area contributed by atoms with Gasteiger partial charge in [-0.2, -0.15) is 0 Å². The molecule has 0 amide bonds. The summed E-state index contributed by atoms with van der Waals surface area (Å²) in [4.78, 5) is 29.1. The summed E-state index contributed by atoms with van der Waals surface area (Å²) in [5.41, 5.74) is 4.63. The number of methoxy groups -OCH3 is 1. The molecule has 1 aromatic heterocycles. The molecule has 1 aliphatic heterocycles. The molecule has 6 rings (SSSR count). The number of esters is 1. The van der Waals surface area contributed by atoms with Crippen LogP contribution in [0.25, 0.3) is 6.08 Å². The van der Waals surface area contributed by atoms with E-state index in [1.807, 2.05) is 42.5 Å². The van der Waals surface area contributed by atoms with Gasteiger partial charge in [-0.05, 0) is 47.4 Å². The molecule has 4 aromatic carbocycles. The first-order chi connectivity index (χ1) is 22.5. The maximum absolute atomic E-state index is 13.7. The first-order valence-corrected chi connectivity index (χ1v) is 15.4. The summed E-state index contributed by atoms with van der Waals surface area (Å²) in [6, 6.07) is 38.8. The largest absolute Gasteiger partial charge is 0.497 e. The van der Waals surface area contributed by atoms with E-state index in [-0.39, 0.29) is 18.1 Å². The van der Waals surface area contributed by atoms with E-state index in [1.54, 1.807) is 24.8 Å². The number of hydrogen-bond donors (Lipinski definition) is 0. The van der Waals surface area contributed by atoms with Crippen molar-refractivity contribution in [3.05, 3.63) is 154 Å². The SMILES string of the molecule is CCOC(=O)c1nnn(Cc2ccc(OC)cc2)c1/C=C1\CN(C(c2ccccc2)(c2ccccc2)c2ccccc2)CCC1=O. The molecule has 8 heteroatoms. The van der Waals surface area contributed by atoms with Crippen LogP contribution in [-0.2, 0) is 21.6 Å². The first kappa shape index (κ1) is 30.7. The monoisotopic (exact) mass is 612 g/mol. The molecule has 1 aliphatic rings. The lowest BCUT2D eigenvalue weighted by atomic mass is 9.74. The van der Waals surface area contributed by atoms with Gasteiger partial charge in [0.05, 0.1) is 31.5 Å². The van der Waals surface area contributed by atoms with Gasteiger partial charge in [-0.1, -0.05) is 108 Å². The molecule has 0 N–H and O–H groups in total. The van der Waals surface area contributed by atoms with Crippen molar-refractivity contribution in [2.75, 3.05) is 26.8 Å². The summed E-state index contributed by atoms with van der Waals surface area (Å²) in [7, 11) is 1.62. The smallest absolute Gasteiger partial charge is 0.361 e. The lowest BCUT2D eigenvalue weighted by Crippen LogP contribution is -2.52. The van der Waals surface area contributed by atoms with Gasteiger partial charge in [0.15, 0.2) is 11.5 Å². The van der Waals surface area contributed by atoms with E-state index in [0.717, 1.165) is 28.0 Å². The average Bonchev–Trinajstić information content (AvgIpc) is 3.50. The summed E-state index contributed by atoms with van der Waals surface area (Å²) in [5, 5.41) is 8.53. The van der Waals surface area contributed by atoms with Gasteiger partial charge >= 0.3 is 5.97 Å². The number of ketones is 1. The summed E-state index contributed by atoms with van der Waals surface area (Å²) in [5.74, 6) is 0.178. The summed E-state index contributed by atoms with van der Waals surface area (Å²) >= 11 is 0. The topological polar surface area (TPSA) is 86.5 Å². The fraction of sp³-hybridized carbons (Fsp3) is 0.211. The molecule has 46 heavy (non-hydrogen) atoms. The molecule has 0 spiro atoms. The molecule has 1 fully saturated rings. The fourth-order valence-corrected chi connectivity index (χ4v) is 6.26. The normalized spacial score (nSPS) is 14.7.